The van der Waals surface area contributed by atoms with Crippen LogP contribution in [0.15, 0.2) is 36.5 Å². The molecule has 0 unspecified atom stereocenters. The van der Waals surface area contributed by atoms with Gasteiger partial charge in [-0.15, -0.1) is 0 Å². The van der Waals surface area contributed by atoms with Gasteiger partial charge in [-0.2, -0.15) is 0 Å². The average Bonchev–Trinajstić information content (AvgIpc) is 2.08. The molecule has 0 radical (unpaired) electrons. The highest BCUT2D eigenvalue weighted by Gasteiger charge is 2.16. The van der Waals surface area contributed by atoms with E-state index in [0.29, 0.717) is 0 Å². The number of hydrogen-bond acceptors (Lipinski definition) is 2. The molecule has 0 heterocycles. The lowest BCUT2D eigenvalue weighted by molar-refractivity contribution is -0.112. The van der Waals surface area contributed by atoms with Crippen molar-refractivity contribution in [2.75, 3.05) is 0 Å². The maximum atomic E-state index is 10.8. The van der Waals surface area contributed by atoms with Crippen molar-refractivity contribution in [3.8, 4) is 0 Å². The third-order valence-corrected chi connectivity index (χ3v) is 1.89. The Morgan fingerprint density at radius 1 is 1.38 bits per heavy atom. The second kappa shape index (κ2) is 3.52. The number of carbonyl (C=O) groups excluding carboxylic acids is 2. The molecule has 0 aromatic carbocycles. The largest absolute Gasteiger partial charge is 0.295 e. The Bertz CT molecular complexity index is 303. The fraction of sp³-hybridized carbons (Fsp3) is 0.273. The van der Waals surface area contributed by atoms with Crippen LogP contribution in [0.4, 0.5) is 0 Å². The van der Waals surface area contributed by atoms with Crippen LogP contribution >= 0.6 is 0 Å². The van der Waals surface area contributed by atoms with Crippen LogP contribution in [0.5, 0.6) is 0 Å². The van der Waals surface area contributed by atoms with Crippen LogP contribution in [0, 0.1) is 5.41 Å². The molecule has 0 fully saturated rings. The van der Waals surface area contributed by atoms with Crippen LogP contribution in [0.1, 0.15) is 13.8 Å². The van der Waals surface area contributed by atoms with E-state index in [-0.39, 0.29) is 17.0 Å². The maximum Gasteiger partial charge on any atom is 0.178 e. The zero-order chi connectivity index (χ0) is 9.90. The topological polar surface area (TPSA) is 34.1 Å². The minimum absolute atomic E-state index is 0.00583. The summed E-state index contributed by atoms with van der Waals surface area (Å²) < 4.78 is 0. The lowest BCUT2D eigenvalue weighted by Crippen LogP contribution is -2.11. The molecule has 0 saturated heterocycles. The van der Waals surface area contributed by atoms with Crippen LogP contribution in [0.2, 0.25) is 0 Å². The van der Waals surface area contributed by atoms with E-state index in [2.05, 4.69) is 0 Å². The van der Waals surface area contributed by atoms with E-state index < -0.39 is 0 Å². The van der Waals surface area contributed by atoms with Gasteiger partial charge in [0.2, 0.25) is 0 Å². The van der Waals surface area contributed by atoms with Crippen molar-refractivity contribution >= 4 is 11.6 Å². The zero-order valence-corrected chi connectivity index (χ0v) is 7.78. The number of ketones is 2. The van der Waals surface area contributed by atoms with Crippen molar-refractivity contribution < 1.29 is 9.59 Å². The van der Waals surface area contributed by atoms with Crippen molar-refractivity contribution in [3.05, 3.63) is 36.5 Å². The Balaban J connectivity index is 2.79. The number of allylic oxidation sites excluding steroid dienone is 6. The lowest BCUT2D eigenvalue weighted by atomic mass is 9.85. The molecule has 0 aliphatic heterocycles. The molecule has 0 bridgehead atoms. The molecule has 0 atom stereocenters. The van der Waals surface area contributed by atoms with E-state index in [1.807, 2.05) is 6.92 Å². The molecule has 2 nitrogen and oxygen atoms in total. The molecule has 0 N–H and O–H groups in total. The molecule has 2 heteroatoms. The van der Waals surface area contributed by atoms with E-state index in [4.69, 9.17) is 0 Å². The van der Waals surface area contributed by atoms with Crippen LogP contribution in [0.3, 0.4) is 0 Å². The maximum absolute atomic E-state index is 10.8. The van der Waals surface area contributed by atoms with Crippen LogP contribution < -0.4 is 0 Å². The molecule has 0 saturated carbocycles. The van der Waals surface area contributed by atoms with Crippen LogP contribution in [0.25, 0.3) is 0 Å². The third kappa shape index (κ3) is 2.82. The summed E-state index contributed by atoms with van der Waals surface area (Å²) in [6, 6.07) is 0. The average molecular weight is 176 g/mol. The SMILES string of the molecule is CC(=O)/C=C/C1(C)C=CC(=O)C=C1. The van der Waals surface area contributed by atoms with Gasteiger partial charge < -0.3 is 0 Å². The van der Waals surface area contributed by atoms with E-state index in [1.165, 1.54) is 25.2 Å². The second-order valence-electron chi connectivity index (χ2n) is 3.38. The Morgan fingerprint density at radius 3 is 2.38 bits per heavy atom. The van der Waals surface area contributed by atoms with Gasteiger partial charge in [0.05, 0.1) is 0 Å². The normalized spacial score (nSPS) is 19.7. The monoisotopic (exact) mass is 176 g/mol. The van der Waals surface area contributed by atoms with Crippen molar-refractivity contribution in [1.29, 1.82) is 0 Å². The van der Waals surface area contributed by atoms with E-state index in [1.54, 1.807) is 18.2 Å². The molecular formula is C11H12O2. The highest BCUT2D eigenvalue weighted by molar-refractivity contribution is 6.00. The summed E-state index contributed by atoms with van der Waals surface area (Å²) in [4.78, 5) is 21.5. The van der Waals surface area contributed by atoms with E-state index in [0.717, 1.165) is 0 Å². The van der Waals surface area contributed by atoms with Crippen LogP contribution in [-0.2, 0) is 9.59 Å². The van der Waals surface area contributed by atoms with Crippen molar-refractivity contribution in [3.63, 3.8) is 0 Å². The number of rotatable bonds is 2. The molecule has 13 heavy (non-hydrogen) atoms. The molecule has 0 aromatic rings. The Morgan fingerprint density at radius 2 is 1.92 bits per heavy atom. The predicted molar refractivity (Wildman–Crippen MR) is 51.2 cm³/mol. The summed E-state index contributed by atoms with van der Waals surface area (Å²) in [7, 11) is 0. The fourth-order valence-corrected chi connectivity index (χ4v) is 1.04. The fourth-order valence-electron chi connectivity index (χ4n) is 1.04. The Labute approximate surface area is 77.6 Å². The minimum atomic E-state index is -0.292. The first-order valence-corrected chi connectivity index (χ1v) is 4.14. The quantitative estimate of drug-likeness (QED) is 0.601. The van der Waals surface area contributed by atoms with Gasteiger partial charge in [0.15, 0.2) is 11.6 Å². The summed E-state index contributed by atoms with van der Waals surface area (Å²) in [6.45, 7) is 3.44. The first-order valence-electron chi connectivity index (χ1n) is 4.14. The summed E-state index contributed by atoms with van der Waals surface area (Å²) in [5.74, 6) is 0.00799. The molecule has 1 aliphatic carbocycles. The molecule has 1 aliphatic rings. The Hall–Kier alpha value is -1.44. The zero-order valence-electron chi connectivity index (χ0n) is 7.78. The van der Waals surface area contributed by atoms with Gasteiger partial charge in [-0.25, -0.2) is 0 Å². The van der Waals surface area contributed by atoms with Gasteiger partial charge in [-0.3, -0.25) is 9.59 Å². The van der Waals surface area contributed by atoms with Gasteiger partial charge in [-0.1, -0.05) is 18.2 Å². The number of carbonyl (C=O) groups is 2. The van der Waals surface area contributed by atoms with Crippen molar-refractivity contribution in [2.24, 2.45) is 5.41 Å². The third-order valence-electron chi connectivity index (χ3n) is 1.89. The Kier molecular flexibility index (Phi) is 2.61. The lowest BCUT2D eigenvalue weighted by Gasteiger charge is -2.18. The summed E-state index contributed by atoms with van der Waals surface area (Å²) >= 11 is 0. The van der Waals surface area contributed by atoms with Gasteiger partial charge >= 0.3 is 0 Å². The second-order valence-corrected chi connectivity index (χ2v) is 3.38. The van der Waals surface area contributed by atoms with Gasteiger partial charge in [-0.05, 0) is 32.1 Å². The minimum Gasteiger partial charge on any atom is -0.295 e. The summed E-state index contributed by atoms with van der Waals surface area (Å²) in [6.07, 6.45) is 9.91. The van der Waals surface area contributed by atoms with Gasteiger partial charge in [0.1, 0.15) is 0 Å². The molecule has 0 amide bonds. The predicted octanol–water partition coefficient (Wildman–Crippen LogP) is 1.83. The first kappa shape index (κ1) is 9.65. The molecule has 1 rings (SSSR count). The van der Waals surface area contributed by atoms with E-state index >= 15 is 0 Å². The standard InChI is InChI=1S/C11H12O2/c1-9(12)3-6-11(2)7-4-10(13)5-8-11/h3-8H,1-2H3/b6-3+. The summed E-state index contributed by atoms with van der Waals surface area (Å²) in [5.41, 5.74) is -0.292. The molecule has 0 aromatic heterocycles. The van der Waals surface area contributed by atoms with E-state index in [9.17, 15) is 9.59 Å². The molecule has 0 spiro atoms. The molecule has 68 valence electrons. The highest BCUT2D eigenvalue weighted by atomic mass is 16.1. The van der Waals surface area contributed by atoms with Crippen molar-refractivity contribution in [2.45, 2.75) is 13.8 Å². The van der Waals surface area contributed by atoms with Crippen molar-refractivity contribution in [1.82, 2.24) is 0 Å². The highest BCUT2D eigenvalue weighted by Crippen LogP contribution is 2.25. The van der Waals surface area contributed by atoms with Gasteiger partial charge in [0, 0.05) is 5.41 Å². The first-order chi connectivity index (χ1) is 6.02. The molecular weight excluding hydrogens is 164 g/mol. The number of hydrogen-bond donors (Lipinski definition) is 0. The van der Waals surface area contributed by atoms with Crippen LogP contribution in [-0.4, -0.2) is 11.6 Å². The smallest absolute Gasteiger partial charge is 0.178 e. The van der Waals surface area contributed by atoms with Gasteiger partial charge in [0.25, 0.3) is 0 Å². The summed E-state index contributed by atoms with van der Waals surface area (Å²) in [5, 5.41) is 0.